The van der Waals surface area contributed by atoms with E-state index >= 15 is 0 Å². The summed E-state index contributed by atoms with van der Waals surface area (Å²) in [6, 6.07) is 13.3. The van der Waals surface area contributed by atoms with Gasteiger partial charge in [-0.3, -0.25) is 4.79 Å². The van der Waals surface area contributed by atoms with Gasteiger partial charge in [0.15, 0.2) is 0 Å². The van der Waals surface area contributed by atoms with Gasteiger partial charge in [-0.25, -0.2) is 0 Å². The minimum atomic E-state index is -0.0329. The summed E-state index contributed by atoms with van der Waals surface area (Å²) in [5.41, 5.74) is 9.86. The van der Waals surface area contributed by atoms with Crippen LogP contribution in [-0.2, 0) is 11.2 Å². The fourth-order valence-corrected chi connectivity index (χ4v) is 3.07. The number of ether oxygens (including phenoxy) is 1. The van der Waals surface area contributed by atoms with E-state index in [2.05, 4.69) is 10.2 Å². The van der Waals surface area contributed by atoms with Crippen LogP contribution in [0.1, 0.15) is 18.9 Å². The van der Waals surface area contributed by atoms with Gasteiger partial charge < -0.3 is 20.7 Å². The maximum Gasteiger partial charge on any atom is 0.243 e. The summed E-state index contributed by atoms with van der Waals surface area (Å²) in [5.74, 6) is 0.769. The van der Waals surface area contributed by atoms with Gasteiger partial charge >= 0.3 is 0 Å². The van der Waals surface area contributed by atoms with E-state index < -0.39 is 0 Å². The molecule has 3 rings (SSSR count). The van der Waals surface area contributed by atoms with Crippen molar-refractivity contribution in [1.82, 2.24) is 0 Å². The maximum atomic E-state index is 12.4. The lowest BCUT2D eigenvalue weighted by Crippen LogP contribution is -2.37. The predicted molar refractivity (Wildman–Crippen MR) is 105 cm³/mol. The standard InChI is InChI=1S/C19H23N3O2.ClH/c1-2-24-15-10-8-14(9-11-15)21-19(23)13-22-12-4-5-16-17(20)6-3-7-18(16)22;/h3,6-11H,2,4-5,12-13,20H2,1H3,(H,21,23);1H. The van der Waals surface area contributed by atoms with Crippen LogP contribution in [0.5, 0.6) is 5.75 Å². The van der Waals surface area contributed by atoms with Crippen LogP contribution < -0.4 is 20.7 Å². The van der Waals surface area contributed by atoms with E-state index in [1.165, 1.54) is 0 Å². The molecule has 1 amide bonds. The Kier molecular flexibility index (Phi) is 6.53. The van der Waals surface area contributed by atoms with Gasteiger partial charge in [0, 0.05) is 23.6 Å². The number of nitrogen functional groups attached to an aromatic ring is 1. The van der Waals surface area contributed by atoms with Gasteiger partial charge in [-0.1, -0.05) is 6.07 Å². The van der Waals surface area contributed by atoms with E-state index in [1.807, 2.05) is 49.4 Å². The first kappa shape index (κ1) is 18.9. The third kappa shape index (κ3) is 4.57. The van der Waals surface area contributed by atoms with Crippen molar-refractivity contribution in [3.8, 4) is 5.75 Å². The summed E-state index contributed by atoms with van der Waals surface area (Å²) in [5, 5.41) is 2.94. The lowest BCUT2D eigenvalue weighted by molar-refractivity contribution is -0.115. The molecule has 0 saturated heterocycles. The SMILES string of the molecule is CCOc1ccc(NC(=O)CN2CCCc3c(N)cccc32)cc1.Cl. The number of hydrogen-bond acceptors (Lipinski definition) is 4. The van der Waals surface area contributed by atoms with Crippen molar-refractivity contribution < 1.29 is 9.53 Å². The van der Waals surface area contributed by atoms with Crippen LogP contribution in [0.25, 0.3) is 0 Å². The average molecular weight is 362 g/mol. The molecule has 2 aromatic rings. The highest BCUT2D eigenvalue weighted by molar-refractivity contribution is 5.94. The first-order valence-electron chi connectivity index (χ1n) is 8.32. The minimum absolute atomic E-state index is 0. The van der Waals surface area contributed by atoms with E-state index in [1.54, 1.807) is 0 Å². The second-order valence-electron chi connectivity index (χ2n) is 5.88. The molecule has 1 aliphatic heterocycles. The van der Waals surface area contributed by atoms with Crippen molar-refractivity contribution in [2.75, 3.05) is 35.6 Å². The molecule has 0 aliphatic carbocycles. The van der Waals surface area contributed by atoms with E-state index in [0.717, 1.165) is 47.8 Å². The monoisotopic (exact) mass is 361 g/mol. The summed E-state index contributed by atoms with van der Waals surface area (Å²) in [6.07, 6.45) is 1.98. The Morgan fingerprint density at radius 2 is 2.00 bits per heavy atom. The molecule has 0 fully saturated rings. The quantitative estimate of drug-likeness (QED) is 0.800. The van der Waals surface area contributed by atoms with Crippen LogP contribution >= 0.6 is 12.4 Å². The van der Waals surface area contributed by atoms with E-state index in [-0.39, 0.29) is 18.3 Å². The number of fused-ring (bicyclic) bond motifs is 1. The number of nitrogens with two attached hydrogens (primary N) is 1. The minimum Gasteiger partial charge on any atom is -0.494 e. The third-order valence-corrected chi connectivity index (χ3v) is 4.17. The third-order valence-electron chi connectivity index (χ3n) is 4.17. The van der Waals surface area contributed by atoms with Crippen molar-refractivity contribution in [1.29, 1.82) is 0 Å². The topological polar surface area (TPSA) is 67.6 Å². The van der Waals surface area contributed by atoms with Gasteiger partial charge in [0.2, 0.25) is 5.91 Å². The van der Waals surface area contributed by atoms with Gasteiger partial charge in [-0.15, -0.1) is 12.4 Å². The highest BCUT2D eigenvalue weighted by Crippen LogP contribution is 2.31. The number of nitrogens with one attached hydrogen (secondary N) is 1. The summed E-state index contributed by atoms with van der Waals surface area (Å²) in [6.45, 7) is 3.76. The molecule has 3 N–H and O–H groups in total. The van der Waals surface area contributed by atoms with Gasteiger partial charge in [-0.05, 0) is 61.7 Å². The molecule has 5 nitrogen and oxygen atoms in total. The molecular weight excluding hydrogens is 338 g/mol. The van der Waals surface area contributed by atoms with Crippen LogP contribution in [0.4, 0.5) is 17.1 Å². The van der Waals surface area contributed by atoms with Crippen LogP contribution in [0.3, 0.4) is 0 Å². The zero-order chi connectivity index (χ0) is 16.9. The molecular formula is C19H24ClN3O2. The largest absolute Gasteiger partial charge is 0.494 e. The Morgan fingerprint density at radius 1 is 1.24 bits per heavy atom. The number of carbonyl (C=O) groups excluding carboxylic acids is 1. The second-order valence-corrected chi connectivity index (χ2v) is 5.88. The van der Waals surface area contributed by atoms with Crippen molar-refractivity contribution in [3.05, 3.63) is 48.0 Å². The highest BCUT2D eigenvalue weighted by Gasteiger charge is 2.20. The number of hydrogen-bond donors (Lipinski definition) is 2. The normalized spacial score (nSPS) is 12.8. The summed E-state index contributed by atoms with van der Waals surface area (Å²) in [4.78, 5) is 14.5. The Hall–Kier alpha value is -2.40. The number of anilines is 3. The van der Waals surface area contributed by atoms with E-state index in [9.17, 15) is 4.79 Å². The fourth-order valence-electron chi connectivity index (χ4n) is 3.07. The smallest absolute Gasteiger partial charge is 0.243 e. The Morgan fingerprint density at radius 3 is 2.72 bits per heavy atom. The number of benzene rings is 2. The van der Waals surface area contributed by atoms with E-state index in [0.29, 0.717) is 13.2 Å². The van der Waals surface area contributed by atoms with Gasteiger partial charge in [0.1, 0.15) is 5.75 Å². The van der Waals surface area contributed by atoms with E-state index in [4.69, 9.17) is 10.5 Å². The predicted octanol–water partition coefficient (Wildman–Crippen LogP) is 3.48. The fraction of sp³-hybridized carbons (Fsp3) is 0.316. The summed E-state index contributed by atoms with van der Waals surface area (Å²) >= 11 is 0. The molecule has 0 aromatic heterocycles. The first-order chi connectivity index (χ1) is 11.7. The molecule has 0 atom stereocenters. The van der Waals surface area contributed by atoms with Crippen molar-refractivity contribution in [3.63, 3.8) is 0 Å². The number of halogens is 1. The number of rotatable bonds is 5. The van der Waals surface area contributed by atoms with Crippen LogP contribution in [0.2, 0.25) is 0 Å². The molecule has 0 spiro atoms. The lowest BCUT2D eigenvalue weighted by atomic mass is 10.00. The molecule has 0 radical (unpaired) electrons. The number of carbonyl (C=O) groups is 1. The molecule has 0 unspecified atom stereocenters. The number of amides is 1. The Bertz CT molecular complexity index is 719. The first-order valence-corrected chi connectivity index (χ1v) is 8.32. The van der Waals surface area contributed by atoms with Crippen LogP contribution in [-0.4, -0.2) is 25.6 Å². The van der Waals surface area contributed by atoms with Crippen molar-refractivity contribution in [2.24, 2.45) is 0 Å². The molecule has 1 heterocycles. The van der Waals surface area contributed by atoms with Gasteiger partial charge in [0.25, 0.3) is 0 Å². The molecule has 134 valence electrons. The lowest BCUT2D eigenvalue weighted by Gasteiger charge is -2.31. The Labute approximate surface area is 154 Å². The zero-order valence-corrected chi connectivity index (χ0v) is 15.1. The van der Waals surface area contributed by atoms with Crippen LogP contribution in [0.15, 0.2) is 42.5 Å². The Balaban J connectivity index is 0.00000225. The summed E-state index contributed by atoms with van der Waals surface area (Å²) in [7, 11) is 0. The maximum absolute atomic E-state index is 12.4. The molecule has 0 saturated carbocycles. The van der Waals surface area contributed by atoms with Crippen LogP contribution in [0, 0.1) is 0 Å². The highest BCUT2D eigenvalue weighted by atomic mass is 35.5. The summed E-state index contributed by atoms with van der Waals surface area (Å²) < 4.78 is 5.40. The zero-order valence-electron chi connectivity index (χ0n) is 14.3. The van der Waals surface area contributed by atoms with Crippen molar-refractivity contribution >= 4 is 35.4 Å². The molecule has 25 heavy (non-hydrogen) atoms. The number of nitrogens with zero attached hydrogens (tertiary/aromatic N) is 1. The average Bonchev–Trinajstić information content (AvgIpc) is 2.58. The van der Waals surface area contributed by atoms with Gasteiger partial charge in [-0.2, -0.15) is 0 Å². The molecule has 2 aromatic carbocycles. The molecule has 0 bridgehead atoms. The molecule has 6 heteroatoms. The second kappa shape index (κ2) is 8.62. The van der Waals surface area contributed by atoms with Gasteiger partial charge in [0.05, 0.1) is 13.2 Å². The molecule has 1 aliphatic rings. The van der Waals surface area contributed by atoms with Crippen molar-refractivity contribution in [2.45, 2.75) is 19.8 Å².